The van der Waals surface area contributed by atoms with Crippen LogP contribution in [0.1, 0.15) is 44.5 Å². The van der Waals surface area contributed by atoms with Crippen LogP contribution in [0, 0.1) is 11.8 Å². The molecule has 0 aromatic heterocycles. The molecule has 1 fully saturated rings. The van der Waals surface area contributed by atoms with E-state index < -0.39 is 46.3 Å². The molecule has 1 heterocycles. The number of nitrogens with one attached hydrogen (secondary N) is 1. The van der Waals surface area contributed by atoms with Gasteiger partial charge in [0, 0.05) is 12.6 Å². The Morgan fingerprint density at radius 2 is 1.84 bits per heavy atom. The lowest BCUT2D eigenvalue weighted by Gasteiger charge is -2.30. The van der Waals surface area contributed by atoms with Crippen molar-refractivity contribution in [1.29, 1.82) is 0 Å². The van der Waals surface area contributed by atoms with E-state index in [2.05, 4.69) is 5.32 Å². The van der Waals surface area contributed by atoms with Crippen LogP contribution in [0.15, 0.2) is 24.3 Å². The van der Waals surface area contributed by atoms with Gasteiger partial charge in [0.15, 0.2) is 16.4 Å². The van der Waals surface area contributed by atoms with Crippen LogP contribution >= 0.6 is 11.6 Å². The lowest BCUT2D eigenvalue weighted by Crippen LogP contribution is -2.48. The molecule has 178 valence electrons. The second-order valence-electron chi connectivity index (χ2n) is 8.78. The third-order valence-corrected chi connectivity index (χ3v) is 7.27. The molecular formula is C22H31ClN2O6S. The van der Waals surface area contributed by atoms with Crippen molar-refractivity contribution in [2.75, 3.05) is 24.7 Å². The quantitative estimate of drug-likeness (QED) is 0.536. The van der Waals surface area contributed by atoms with E-state index in [9.17, 15) is 22.8 Å². The van der Waals surface area contributed by atoms with Gasteiger partial charge in [-0.05, 0) is 30.4 Å². The normalized spacial score (nSPS) is 18.4. The number of hydrogen-bond acceptors (Lipinski definition) is 6. The number of esters is 1. The van der Waals surface area contributed by atoms with Gasteiger partial charge in [-0.1, -0.05) is 51.4 Å². The molecule has 2 rings (SSSR count). The number of benzene rings is 1. The number of carbonyl (C=O) groups is 3. The van der Waals surface area contributed by atoms with E-state index in [4.69, 9.17) is 16.3 Å². The molecule has 2 atom stereocenters. The van der Waals surface area contributed by atoms with Crippen molar-refractivity contribution in [1.82, 2.24) is 10.2 Å². The molecule has 1 N–H and O–H groups in total. The Balaban J connectivity index is 2.03. The number of hydrogen-bond donors (Lipinski definition) is 1. The van der Waals surface area contributed by atoms with E-state index >= 15 is 0 Å². The number of ether oxygens (including phenoxy) is 1. The lowest BCUT2D eigenvalue weighted by molar-refractivity contribution is -0.155. The molecule has 0 spiro atoms. The second kappa shape index (κ2) is 11.1. The maximum Gasteiger partial charge on any atom is 0.329 e. The molecule has 2 amide bonds. The van der Waals surface area contributed by atoms with Gasteiger partial charge in [-0.3, -0.25) is 9.59 Å². The van der Waals surface area contributed by atoms with Gasteiger partial charge in [0.1, 0.15) is 6.04 Å². The van der Waals surface area contributed by atoms with Gasteiger partial charge in [0.25, 0.3) is 11.8 Å². The first-order chi connectivity index (χ1) is 14.9. The zero-order valence-corrected chi connectivity index (χ0v) is 20.4. The van der Waals surface area contributed by atoms with Crippen LogP contribution in [0.4, 0.5) is 0 Å². The van der Waals surface area contributed by atoms with Crippen molar-refractivity contribution in [3.8, 4) is 0 Å². The van der Waals surface area contributed by atoms with Gasteiger partial charge >= 0.3 is 5.97 Å². The summed E-state index contributed by atoms with van der Waals surface area (Å²) >= 11 is 6.05. The molecule has 0 aliphatic carbocycles. The van der Waals surface area contributed by atoms with Crippen LogP contribution in [0.3, 0.4) is 0 Å². The number of carbonyl (C=O) groups excluding carboxylic acids is 3. The highest BCUT2D eigenvalue weighted by Crippen LogP contribution is 2.20. The molecule has 0 saturated carbocycles. The SMILES string of the molecule is CC(C)CN(C(=O)COC(=O)[C@@H](NC(=O)c1ccccc1Cl)C(C)C)C1CCS(=O)(=O)C1. The molecular weight excluding hydrogens is 456 g/mol. The van der Waals surface area contributed by atoms with Crippen molar-refractivity contribution < 1.29 is 27.5 Å². The Labute approximate surface area is 194 Å². The second-order valence-corrected chi connectivity index (χ2v) is 11.4. The van der Waals surface area contributed by atoms with Crippen LogP contribution in [0.25, 0.3) is 0 Å². The fourth-order valence-corrected chi connectivity index (χ4v) is 5.49. The molecule has 8 nitrogen and oxygen atoms in total. The number of amides is 2. The highest BCUT2D eigenvalue weighted by molar-refractivity contribution is 7.91. The maximum atomic E-state index is 12.8. The van der Waals surface area contributed by atoms with Crippen molar-refractivity contribution in [2.24, 2.45) is 11.8 Å². The Bertz CT molecular complexity index is 947. The Morgan fingerprint density at radius 3 is 2.38 bits per heavy atom. The van der Waals surface area contributed by atoms with Gasteiger partial charge < -0.3 is 15.0 Å². The van der Waals surface area contributed by atoms with E-state index in [1.165, 1.54) is 4.90 Å². The monoisotopic (exact) mass is 486 g/mol. The van der Waals surface area contributed by atoms with Crippen molar-refractivity contribution in [2.45, 2.75) is 46.2 Å². The summed E-state index contributed by atoms with van der Waals surface area (Å²) < 4.78 is 29.0. The van der Waals surface area contributed by atoms with Crippen LogP contribution in [0.5, 0.6) is 0 Å². The highest BCUT2D eigenvalue weighted by atomic mass is 35.5. The third kappa shape index (κ3) is 7.20. The predicted molar refractivity (Wildman–Crippen MR) is 122 cm³/mol. The summed E-state index contributed by atoms with van der Waals surface area (Å²) in [6.07, 6.45) is 0.372. The average molecular weight is 487 g/mol. The van der Waals surface area contributed by atoms with E-state index in [-0.39, 0.29) is 33.9 Å². The summed E-state index contributed by atoms with van der Waals surface area (Å²) in [4.78, 5) is 39.5. The molecule has 0 radical (unpaired) electrons. The molecule has 1 aliphatic rings. The number of halogens is 1. The van der Waals surface area contributed by atoms with Crippen molar-refractivity contribution >= 4 is 39.2 Å². The fourth-order valence-electron chi connectivity index (χ4n) is 3.54. The third-order valence-electron chi connectivity index (χ3n) is 5.19. The van der Waals surface area contributed by atoms with Gasteiger partial charge in [-0.25, -0.2) is 13.2 Å². The zero-order chi connectivity index (χ0) is 24.1. The molecule has 1 saturated heterocycles. The summed E-state index contributed by atoms with van der Waals surface area (Å²) in [5.74, 6) is -1.92. The van der Waals surface area contributed by atoms with Gasteiger partial charge in [0.05, 0.1) is 22.1 Å². The molecule has 10 heteroatoms. The Morgan fingerprint density at radius 1 is 1.19 bits per heavy atom. The van der Waals surface area contributed by atoms with Crippen LogP contribution in [-0.2, 0) is 24.2 Å². The predicted octanol–water partition coefficient (Wildman–Crippen LogP) is 2.31. The smallest absolute Gasteiger partial charge is 0.329 e. The van der Waals surface area contributed by atoms with Crippen LogP contribution in [0.2, 0.25) is 5.02 Å². The molecule has 1 aromatic carbocycles. The summed E-state index contributed by atoms with van der Waals surface area (Å²) in [6, 6.07) is 5.08. The van der Waals surface area contributed by atoms with Gasteiger partial charge in [-0.15, -0.1) is 0 Å². The summed E-state index contributed by atoms with van der Waals surface area (Å²) in [5, 5.41) is 2.88. The summed E-state index contributed by atoms with van der Waals surface area (Å²) in [6.45, 7) is 7.19. The first kappa shape index (κ1) is 26.1. The van der Waals surface area contributed by atoms with E-state index in [0.29, 0.717) is 13.0 Å². The molecule has 0 bridgehead atoms. The fraction of sp³-hybridized carbons (Fsp3) is 0.591. The van der Waals surface area contributed by atoms with Crippen LogP contribution in [-0.4, -0.2) is 67.8 Å². The topological polar surface area (TPSA) is 110 Å². The Kier molecular flexibility index (Phi) is 9.09. The standard InChI is InChI=1S/C22H31ClN2O6S/c1-14(2)11-25(16-9-10-32(29,30)13-16)19(26)12-31-22(28)20(15(3)4)24-21(27)17-7-5-6-8-18(17)23/h5-8,14-16,20H,9-13H2,1-4H3,(H,24,27)/t16?,20-/m0/s1. The molecule has 1 aliphatic heterocycles. The average Bonchev–Trinajstić information content (AvgIpc) is 3.07. The maximum absolute atomic E-state index is 12.8. The highest BCUT2D eigenvalue weighted by Gasteiger charge is 2.35. The summed E-state index contributed by atoms with van der Waals surface area (Å²) in [5.41, 5.74) is 0.231. The van der Waals surface area contributed by atoms with Gasteiger partial charge in [0.2, 0.25) is 0 Å². The summed E-state index contributed by atoms with van der Waals surface area (Å²) in [7, 11) is -3.17. The zero-order valence-electron chi connectivity index (χ0n) is 18.8. The number of sulfone groups is 1. The first-order valence-electron chi connectivity index (χ1n) is 10.6. The van der Waals surface area contributed by atoms with Crippen molar-refractivity contribution in [3.63, 3.8) is 0 Å². The lowest BCUT2D eigenvalue weighted by atomic mass is 10.0. The van der Waals surface area contributed by atoms with Crippen LogP contribution < -0.4 is 5.32 Å². The minimum absolute atomic E-state index is 0.0445. The molecule has 1 unspecified atom stereocenters. The van der Waals surface area contributed by atoms with E-state index in [1.54, 1.807) is 38.1 Å². The minimum Gasteiger partial charge on any atom is -0.454 e. The van der Waals surface area contributed by atoms with Crippen molar-refractivity contribution in [3.05, 3.63) is 34.9 Å². The van der Waals surface area contributed by atoms with Gasteiger partial charge in [-0.2, -0.15) is 0 Å². The number of nitrogens with zero attached hydrogens (tertiary/aromatic N) is 1. The molecule has 1 aromatic rings. The first-order valence-corrected chi connectivity index (χ1v) is 12.8. The Hall–Kier alpha value is -2.13. The van der Waals surface area contributed by atoms with E-state index in [0.717, 1.165) is 0 Å². The number of rotatable bonds is 9. The molecule has 32 heavy (non-hydrogen) atoms. The van der Waals surface area contributed by atoms with E-state index in [1.807, 2.05) is 13.8 Å². The largest absolute Gasteiger partial charge is 0.454 e. The minimum atomic E-state index is -3.17.